The third-order valence-electron chi connectivity index (χ3n) is 2.99. The first kappa shape index (κ1) is 15.6. The van der Waals surface area contributed by atoms with Crippen LogP contribution in [0.5, 0.6) is 0 Å². The number of pyridine rings is 2. The summed E-state index contributed by atoms with van der Waals surface area (Å²) >= 11 is 0. The van der Waals surface area contributed by atoms with Crippen molar-refractivity contribution in [3.63, 3.8) is 0 Å². The number of halogens is 3. The van der Waals surface area contributed by atoms with Crippen LogP contribution in [0.15, 0.2) is 49.3 Å². The minimum Gasteiger partial charge on any atom is -0.307 e. The van der Waals surface area contributed by atoms with Crippen molar-refractivity contribution >= 4 is 11.7 Å². The minimum atomic E-state index is -4.51. The van der Waals surface area contributed by atoms with Crippen LogP contribution in [0.1, 0.15) is 15.9 Å². The molecule has 0 fully saturated rings. The van der Waals surface area contributed by atoms with Crippen LogP contribution in [0, 0.1) is 0 Å². The van der Waals surface area contributed by atoms with Crippen molar-refractivity contribution in [1.29, 1.82) is 0 Å². The molecule has 1 amide bonds. The van der Waals surface area contributed by atoms with Crippen molar-refractivity contribution < 1.29 is 18.0 Å². The van der Waals surface area contributed by atoms with Gasteiger partial charge in [0.05, 0.1) is 5.56 Å². The Labute approximate surface area is 133 Å². The van der Waals surface area contributed by atoms with Gasteiger partial charge in [-0.05, 0) is 24.3 Å². The Morgan fingerprint density at radius 2 is 1.92 bits per heavy atom. The van der Waals surface area contributed by atoms with Crippen LogP contribution in [0.3, 0.4) is 0 Å². The van der Waals surface area contributed by atoms with Gasteiger partial charge in [0.15, 0.2) is 5.82 Å². The van der Waals surface area contributed by atoms with E-state index in [0.717, 1.165) is 18.3 Å². The van der Waals surface area contributed by atoms with E-state index in [1.165, 1.54) is 35.7 Å². The summed E-state index contributed by atoms with van der Waals surface area (Å²) in [5.41, 5.74) is -0.708. The molecule has 1 N–H and O–H groups in total. The fraction of sp³-hybridized carbons (Fsp3) is 0.0714. The molecule has 0 aliphatic rings. The number of nitrogens with zero attached hydrogens (tertiary/aromatic N) is 5. The summed E-state index contributed by atoms with van der Waals surface area (Å²) in [6.45, 7) is 0. The lowest BCUT2D eigenvalue weighted by atomic mass is 10.2. The molecular formula is C14H9F3N6O. The molecule has 3 rings (SSSR count). The van der Waals surface area contributed by atoms with E-state index >= 15 is 0 Å². The summed E-state index contributed by atoms with van der Waals surface area (Å²) in [5.74, 6) is -0.475. The third-order valence-corrected chi connectivity index (χ3v) is 2.99. The van der Waals surface area contributed by atoms with Crippen molar-refractivity contribution in [2.24, 2.45) is 0 Å². The maximum Gasteiger partial charge on any atom is 0.416 e. The van der Waals surface area contributed by atoms with Gasteiger partial charge in [-0.2, -0.15) is 18.3 Å². The number of hydrogen-bond donors (Lipinski definition) is 1. The molecule has 3 aromatic heterocycles. The quantitative estimate of drug-likeness (QED) is 0.794. The number of rotatable bonds is 3. The highest BCUT2D eigenvalue weighted by Gasteiger charge is 2.30. The zero-order chi connectivity index (χ0) is 17.2. The Balaban J connectivity index is 1.82. The summed E-state index contributed by atoms with van der Waals surface area (Å²) in [4.78, 5) is 23.7. The van der Waals surface area contributed by atoms with Gasteiger partial charge in [-0.15, -0.1) is 0 Å². The molecule has 0 bridgehead atoms. The SMILES string of the molecule is O=C(Nc1cc(C(F)(F)F)ccn1)c1ccnc(-n2cncn2)c1. The third kappa shape index (κ3) is 3.37. The smallest absolute Gasteiger partial charge is 0.307 e. The van der Waals surface area contributed by atoms with Crippen molar-refractivity contribution in [3.8, 4) is 5.82 Å². The summed E-state index contributed by atoms with van der Waals surface area (Å²) < 4.78 is 39.4. The van der Waals surface area contributed by atoms with Crippen molar-refractivity contribution in [1.82, 2.24) is 24.7 Å². The molecule has 0 aliphatic carbocycles. The second kappa shape index (κ2) is 6.07. The van der Waals surface area contributed by atoms with Crippen LogP contribution < -0.4 is 5.32 Å². The van der Waals surface area contributed by atoms with E-state index in [0.29, 0.717) is 5.82 Å². The Hall–Kier alpha value is -3.30. The highest BCUT2D eigenvalue weighted by atomic mass is 19.4. The van der Waals surface area contributed by atoms with Gasteiger partial charge in [0, 0.05) is 18.0 Å². The molecule has 24 heavy (non-hydrogen) atoms. The number of aromatic nitrogens is 5. The van der Waals surface area contributed by atoms with Gasteiger partial charge in [-0.3, -0.25) is 4.79 Å². The summed E-state index contributed by atoms with van der Waals surface area (Å²) in [6.07, 6.45) is 0.552. The molecule has 0 unspecified atom stereocenters. The number of carbonyl (C=O) groups excluding carboxylic acids is 1. The largest absolute Gasteiger partial charge is 0.416 e. The van der Waals surface area contributed by atoms with Gasteiger partial charge in [-0.1, -0.05) is 0 Å². The minimum absolute atomic E-state index is 0.190. The van der Waals surface area contributed by atoms with Gasteiger partial charge in [-0.25, -0.2) is 19.6 Å². The predicted molar refractivity (Wildman–Crippen MR) is 76.3 cm³/mol. The molecule has 3 heterocycles. The number of nitrogens with one attached hydrogen (secondary N) is 1. The molecule has 10 heteroatoms. The van der Waals surface area contributed by atoms with Gasteiger partial charge in [0.25, 0.3) is 5.91 Å². The Morgan fingerprint density at radius 1 is 1.12 bits per heavy atom. The van der Waals surface area contributed by atoms with Crippen molar-refractivity contribution in [2.45, 2.75) is 6.18 Å². The van der Waals surface area contributed by atoms with E-state index in [9.17, 15) is 18.0 Å². The molecule has 0 radical (unpaired) electrons. The molecule has 0 spiro atoms. The number of amides is 1. The van der Waals surface area contributed by atoms with Crippen LogP contribution in [-0.2, 0) is 6.18 Å². The molecule has 0 aliphatic heterocycles. The zero-order valence-electron chi connectivity index (χ0n) is 11.9. The zero-order valence-corrected chi connectivity index (χ0v) is 11.9. The second-order valence-corrected chi connectivity index (χ2v) is 4.62. The Morgan fingerprint density at radius 3 is 2.62 bits per heavy atom. The molecule has 0 saturated heterocycles. The molecule has 7 nitrogen and oxygen atoms in total. The monoisotopic (exact) mass is 334 g/mol. The average Bonchev–Trinajstić information content (AvgIpc) is 3.09. The van der Waals surface area contributed by atoms with Crippen LogP contribution in [0.25, 0.3) is 5.82 Å². The van der Waals surface area contributed by atoms with Crippen LogP contribution in [-0.4, -0.2) is 30.6 Å². The fourth-order valence-electron chi connectivity index (χ4n) is 1.88. The maximum absolute atomic E-state index is 12.7. The second-order valence-electron chi connectivity index (χ2n) is 4.62. The Bertz CT molecular complexity index is 863. The summed E-state index contributed by atoms with van der Waals surface area (Å²) in [7, 11) is 0. The van der Waals surface area contributed by atoms with E-state index in [-0.39, 0.29) is 11.4 Å². The van der Waals surface area contributed by atoms with E-state index in [1.807, 2.05) is 0 Å². The molecule has 122 valence electrons. The average molecular weight is 334 g/mol. The lowest BCUT2D eigenvalue weighted by Gasteiger charge is -2.09. The number of hydrogen-bond acceptors (Lipinski definition) is 5. The van der Waals surface area contributed by atoms with Crippen LogP contribution >= 0.6 is 0 Å². The summed E-state index contributed by atoms with van der Waals surface area (Å²) in [5, 5.41) is 6.20. The van der Waals surface area contributed by atoms with E-state index in [4.69, 9.17) is 0 Å². The van der Waals surface area contributed by atoms with Crippen molar-refractivity contribution in [2.75, 3.05) is 5.32 Å². The van der Waals surface area contributed by atoms with Crippen molar-refractivity contribution in [3.05, 3.63) is 60.4 Å². The lowest BCUT2D eigenvalue weighted by Crippen LogP contribution is -2.15. The first-order valence-electron chi connectivity index (χ1n) is 6.59. The fourth-order valence-corrected chi connectivity index (χ4v) is 1.88. The van der Waals surface area contributed by atoms with Gasteiger partial charge < -0.3 is 5.32 Å². The van der Waals surface area contributed by atoms with E-state index in [1.54, 1.807) is 0 Å². The van der Waals surface area contributed by atoms with E-state index < -0.39 is 17.6 Å². The topological polar surface area (TPSA) is 85.6 Å². The normalized spacial score (nSPS) is 11.3. The molecule has 0 saturated carbocycles. The highest BCUT2D eigenvalue weighted by molar-refractivity contribution is 6.03. The van der Waals surface area contributed by atoms with Gasteiger partial charge in [0.2, 0.25) is 0 Å². The summed E-state index contributed by atoms with van der Waals surface area (Å²) in [6, 6.07) is 4.43. The first-order chi connectivity index (χ1) is 11.4. The first-order valence-corrected chi connectivity index (χ1v) is 6.59. The molecule has 0 aromatic carbocycles. The number of anilines is 1. The van der Waals surface area contributed by atoms with Crippen LogP contribution in [0.4, 0.5) is 19.0 Å². The molecule has 3 aromatic rings. The Kier molecular flexibility index (Phi) is 3.94. The molecule has 0 atom stereocenters. The number of alkyl halides is 3. The lowest BCUT2D eigenvalue weighted by molar-refractivity contribution is -0.137. The number of carbonyl (C=O) groups is 1. The highest BCUT2D eigenvalue weighted by Crippen LogP contribution is 2.29. The maximum atomic E-state index is 12.7. The molecular weight excluding hydrogens is 325 g/mol. The van der Waals surface area contributed by atoms with Crippen LogP contribution in [0.2, 0.25) is 0 Å². The predicted octanol–water partition coefficient (Wildman–Crippen LogP) is 2.33. The van der Waals surface area contributed by atoms with Gasteiger partial charge in [0.1, 0.15) is 18.5 Å². The van der Waals surface area contributed by atoms with Gasteiger partial charge >= 0.3 is 6.18 Å². The van der Waals surface area contributed by atoms with E-state index in [2.05, 4.69) is 25.4 Å². The standard InChI is InChI=1S/C14H9F3N6O/c15-14(16,17)10-2-4-19-11(6-10)22-13(24)9-1-3-20-12(5-9)23-8-18-7-21-23/h1-8H,(H,19,22,24).